The van der Waals surface area contributed by atoms with Crippen molar-refractivity contribution in [2.75, 3.05) is 13.7 Å². The number of ether oxygens (including phenoxy) is 2. The van der Waals surface area contributed by atoms with E-state index in [1.165, 1.54) is 18.2 Å². The summed E-state index contributed by atoms with van der Waals surface area (Å²) in [7, 11) is 1.46. The fourth-order valence-corrected chi connectivity index (χ4v) is 3.40. The number of rotatable bonds is 14. The number of carbonyl (C=O) groups excluding carboxylic acids is 1. The number of aromatic nitrogens is 1. The largest absolute Gasteiger partial charge is 0.469 e. The number of hydrogen-bond donors (Lipinski definition) is 0. The average Bonchev–Trinajstić information content (AvgIpc) is 2.75. The van der Waals surface area contributed by atoms with Gasteiger partial charge in [-0.15, -0.1) is 0 Å². The second kappa shape index (κ2) is 13.9. The van der Waals surface area contributed by atoms with Crippen molar-refractivity contribution in [1.82, 2.24) is 4.98 Å². The highest BCUT2D eigenvalue weighted by atomic mass is 16.5. The van der Waals surface area contributed by atoms with E-state index in [1.807, 2.05) is 36.7 Å². The van der Waals surface area contributed by atoms with Crippen molar-refractivity contribution >= 4 is 5.97 Å². The lowest BCUT2D eigenvalue weighted by atomic mass is 9.91. The molecule has 0 saturated carbocycles. The van der Waals surface area contributed by atoms with Gasteiger partial charge >= 0.3 is 5.97 Å². The maximum atomic E-state index is 11.5. The number of hydrogen-bond acceptors (Lipinski definition) is 4. The van der Waals surface area contributed by atoms with Crippen LogP contribution in [0.25, 0.3) is 0 Å². The summed E-state index contributed by atoms with van der Waals surface area (Å²) in [6.07, 6.45) is 11.8. The zero-order chi connectivity index (χ0) is 19.9. The third kappa shape index (κ3) is 9.65. The van der Waals surface area contributed by atoms with Crippen LogP contribution in [0.3, 0.4) is 0 Å². The Hall–Kier alpha value is -2.20. The zero-order valence-corrected chi connectivity index (χ0v) is 17.0. The van der Waals surface area contributed by atoms with E-state index in [0.717, 1.165) is 51.6 Å². The van der Waals surface area contributed by atoms with Crippen molar-refractivity contribution in [3.8, 4) is 0 Å². The number of benzene rings is 1. The average molecular weight is 384 g/mol. The normalized spacial score (nSPS) is 11.9. The molecule has 1 aromatic carbocycles. The van der Waals surface area contributed by atoms with Crippen LogP contribution in [0.5, 0.6) is 0 Å². The first-order valence-corrected chi connectivity index (χ1v) is 10.4. The van der Waals surface area contributed by atoms with Gasteiger partial charge in [0, 0.05) is 25.4 Å². The first-order valence-electron chi connectivity index (χ1n) is 10.4. The highest BCUT2D eigenvalue weighted by Crippen LogP contribution is 2.22. The summed E-state index contributed by atoms with van der Waals surface area (Å²) in [6, 6.07) is 14.4. The minimum Gasteiger partial charge on any atom is -0.469 e. The zero-order valence-electron chi connectivity index (χ0n) is 17.0. The molecule has 0 saturated heterocycles. The molecule has 0 aliphatic rings. The maximum Gasteiger partial charge on any atom is 0.305 e. The molecule has 0 amide bonds. The van der Waals surface area contributed by atoms with Gasteiger partial charge in [0.05, 0.1) is 13.7 Å². The highest BCUT2D eigenvalue weighted by molar-refractivity contribution is 5.69. The summed E-state index contributed by atoms with van der Waals surface area (Å²) in [5.41, 5.74) is 2.50. The molecule has 2 rings (SSSR count). The lowest BCUT2D eigenvalue weighted by Gasteiger charge is -2.16. The molecule has 0 aliphatic carbocycles. The summed E-state index contributed by atoms with van der Waals surface area (Å²) in [5, 5.41) is 0. The van der Waals surface area contributed by atoms with Crippen LogP contribution < -0.4 is 0 Å². The Morgan fingerprint density at radius 3 is 2.50 bits per heavy atom. The van der Waals surface area contributed by atoms with Gasteiger partial charge in [-0.2, -0.15) is 0 Å². The Labute approximate surface area is 169 Å². The minimum absolute atomic E-state index is 0.108. The maximum absolute atomic E-state index is 11.5. The molecule has 152 valence electrons. The van der Waals surface area contributed by atoms with Gasteiger partial charge in [-0.25, -0.2) is 0 Å². The smallest absolute Gasteiger partial charge is 0.305 e. The van der Waals surface area contributed by atoms with Crippen LogP contribution in [0.2, 0.25) is 0 Å². The molecule has 4 nitrogen and oxygen atoms in total. The van der Waals surface area contributed by atoms with Crippen LogP contribution in [0.4, 0.5) is 0 Å². The van der Waals surface area contributed by atoms with Gasteiger partial charge in [0.1, 0.15) is 0 Å². The molecule has 0 fully saturated rings. The number of esters is 1. The highest BCUT2D eigenvalue weighted by Gasteiger charge is 2.12. The summed E-state index contributed by atoms with van der Waals surface area (Å²) in [5.74, 6) is 0.452. The first kappa shape index (κ1) is 22.1. The SMILES string of the molecule is COC(=O)CCC(CCCCOCc1ccccc1)CCCc1cccnc1. The molecule has 0 radical (unpaired) electrons. The Kier molecular flexibility index (Phi) is 11.0. The number of methoxy groups -OCH3 is 1. The van der Waals surface area contributed by atoms with Crippen LogP contribution >= 0.6 is 0 Å². The molecule has 1 aromatic heterocycles. The van der Waals surface area contributed by atoms with E-state index in [-0.39, 0.29) is 5.97 Å². The molecule has 28 heavy (non-hydrogen) atoms. The van der Waals surface area contributed by atoms with Gasteiger partial charge < -0.3 is 9.47 Å². The molecule has 1 unspecified atom stereocenters. The van der Waals surface area contributed by atoms with Crippen LogP contribution in [0, 0.1) is 5.92 Å². The van der Waals surface area contributed by atoms with Gasteiger partial charge in [0.25, 0.3) is 0 Å². The second-order valence-corrected chi connectivity index (χ2v) is 7.27. The number of aryl methyl sites for hydroxylation is 1. The quantitative estimate of drug-likeness (QED) is 0.325. The van der Waals surface area contributed by atoms with Gasteiger partial charge in [-0.1, -0.05) is 55.7 Å². The van der Waals surface area contributed by atoms with Crippen LogP contribution in [0.1, 0.15) is 56.1 Å². The molecular formula is C24H33NO3. The lowest BCUT2D eigenvalue weighted by molar-refractivity contribution is -0.141. The Balaban J connectivity index is 1.63. The minimum atomic E-state index is -0.108. The molecule has 4 heteroatoms. The third-order valence-electron chi connectivity index (χ3n) is 5.05. The molecule has 0 N–H and O–H groups in total. The van der Waals surface area contributed by atoms with Crippen molar-refractivity contribution in [2.45, 2.75) is 58.0 Å². The molecule has 1 atom stereocenters. The number of unbranched alkanes of at least 4 members (excludes halogenated alkanes) is 1. The van der Waals surface area contributed by atoms with E-state index in [9.17, 15) is 4.79 Å². The fourth-order valence-electron chi connectivity index (χ4n) is 3.40. The molecule has 0 aliphatic heterocycles. The number of pyridine rings is 1. The summed E-state index contributed by atoms with van der Waals surface area (Å²) >= 11 is 0. The fraction of sp³-hybridized carbons (Fsp3) is 0.500. The summed E-state index contributed by atoms with van der Waals surface area (Å²) in [6.45, 7) is 1.46. The second-order valence-electron chi connectivity index (χ2n) is 7.27. The Bertz CT molecular complexity index is 645. The molecule has 0 bridgehead atoms. The topological polar surface area (TPSA) is 48.4 Å². The van der Waals surface area contributed by atoms with Gasteiger partial charge in [-0.05, 0) is 48.8 Å². The van der Waals surface area contributed by atoms with E-state index in [1.54, 1.807) is 0 Å². The van der Waals surface area contributed by atoms with E-state index in [0.29, 0.717) is 18.9 Å². The summed E-state index contributed by atoms with van der Waals surface area (Å²) < 4.78 is 10.6. The van der Waals surface area contributed by atoms with Crippen molar-refractivity contribution in [3.63, 3.8) is 0 Å². The van der Waals surface area contributed by atoms with Gasteiger partial charge in [-0.3, -0.25) is 9.78 Å². The van der Waals surface area contributed by atoms with Gasteiger partial charge in [0.2, 0.25) is 0 Å². The summed E-state index contributed by atoms with van der Waals surface area (Å²) in [4.78, 5) is 15.7. The van der Waals surface area contributed by atoms with Crippen molar-refractivity contribution in [1.29, 1.82) is 0 Å². The molecular weight excluding hydrogens is 350 g/mol. The number of nitrogens with zero attached hydrogens (tertiary/aromatic N) is 1. The van der Waals surface area contributed by atoms with E-state index < -0.39 is 0 Å². The Morgan fingerprint density at radius 1 is 0.964 bits per heavy atom. The predicted octanol–water partition coefficient (Wildman–Crippen LogP) is 5.36. The first-order chi connectivity index (χ1) is 13.8. The van der Waals surface area contributed by atoms with E-state index in [4.69, 9.17) is 9.47 Å². The van der Waals surface area contributed by atoms with Crippen molar-refractivity contribution in [3.05, 3.63) is 66.0 Å². The van der Waals surface area contributed by atoms with Crippen LogP contribution in [-0.2, 0) is 27.3 Å². The van der Waals surface area contributed by atoms with E-state index in [2.05, 4.69) is 23.2 Å². The standard InChI is InChI=1S/C24H33NO3/c1-27-24(26)16-15-21(12-7-13-22-14-8-17-25-19-22)9-5-6-18-28-20-23-10-3-2-4-11-23/h2-4,8,10-11,14,17,19,21H,5-7,9,12-13,15-16,18,20H2,1H3. The lowest BCUT2D eigenvalue weighted by Crippen LogP contribution is -2.08. The third-order valence-corrected chi connectivity index (χ3v) is 5.05. The predicted molar refractivity (Wildman–Crippen MR) is 112 cm³/mol. The van der Waals surface area contributed by atoms with E-state index >= 15 is 0 Å². The Morgan fingerprint density at radius 2 is 1.75 bits per heavy atom. The molecule has 2 aromatic rings. The van der Waals surface area contributed by atoms with Crippen molar-refractivity contribution < 1.29 is 14.3 Å². The van der Waals surface area contributed by atoms with Crippen molar-refractivity contribution in [2.24, 2.45) is 5.92 Å². The number of carbonyl (C=O) groups is 1. The van der Waals surface area contributed by atoms with Gasteiger partial charge in [0.15, 0.2) is 0 Å². The van der Waals surface area contributed by atoms with Crippen LogP contribution in [0.15, 0.2) is 54.9 Å². The van der Waals surface area contributed by atoms with Crippen LogP contribution in [-0.4, -0.2) is 24.7 Å². The molecule has 1 heterocycles. The molecule has 0 spiro atoms. The monoisotopic (exact) mass is 383 g/mol.